The minimum Gasteiger partial charge on any atom is -0.493 e. The molecule has 0 saturated carbocycles. The summed E-state index contributed by atoms with van der Waals surface area (Å²) in [5.41, 5.74) is 1.17. The van der Waals surface area contributed by atoms with E-state index in [1.807, 2.05) is 36.1 Å². The van der Waals surface area contributed by atoms with Crippen LogP contribution in [0.4, 0.5) is 0 Å². The van der Waals surface area contributed by atoms with Crippen molar-refractivity contribution in [1.29, 1.82) is 0 Å². The zero-order valence-electron chi connectivity index (χ0n) is 14.4. The van der Waals surface area contributed by atoms with Gasteiger partial charge in [0, 0.05) is 45.3 Å². The number of amides is 1. The number of hydrogen-bond donors (Lipinski definition) is 1. The number of benzene rings is 1. The molecule has 1 unspecified atom stereocenters. The summed E-state index contributed by atoms with van der Waals surface area (Å²) >= 11 is 0. The lowest BCUT2D eigenvalue weighted by molar-refractivity contribution is -0.130. The van der Waals surface area contributed by atoms with Gasteiger partial charge in [-0.15, -0.1) is 12.4 Å². The summed E-state index contributed by atoms with van der Waals surface area (Å²) in [4.78, 5) is 16.9. The molecule has 1 aromatic carbocycles. The first-order valence-corrected chi connectivity index (χ1v) is 8.64. The number of ether oxygens (including phenoxy) is 1. The van der Waals surface area contributed by atoms with Crippen LogP contribution in [0.2, 0.25) is 0 Å². The topological polar surface area (TPSA) is 44.8 Å². The summed E-state index contributed by atoms with van der Waals surface area (Å²) in [5.74, 6) is 1.06. The molecule has 1 N–H and O–H groups in total. The fourth-order valence-electron chi connectivity index (χ4n) is 3.43. The molecule has 5 nitrogen and oxygen atoms in total. The van der Waals surface area contributed by atoms with E-state index in [0.717, 1.165) is 51.4 Å². The quantitative estimate of drug-likeness (QED) is 0.875. The standard InChI is InChI=1S/C18H27N3O2.ClH/c1-15-3-2-4-17(13-15)23-12-6-18(22)21-9-5-16(14-21)20-10-7-19-8-11-20;/h2-4,13,16,19H,5-12,14H2,1H3;1H. The van der Waals surface area contributed by atoms with E-state index in [-0.39, 0.29) is 18.3 Å². The molecule has 0 radical (unpaired) electrons. The van der Waals surface area contributed by atoms with Gasteiger partial charge in [0.15, 0.2) is 0 Å². The first-order chi connectivity index (χ1) is 11.2. The number of likely N-dealkylation sites (tertiary alicyclic amines) is 1. The van der Waals surface area contributed by atoms with E-state index in [1.54, 1.807) is 0 Å². The number of piperazine rings is 1. The van der Waals surface area contributed by atoms with Crippen LogP contribution in [0.3, 0.4) is 0 Å². The van der Waals surface area contributed by atoms with Gasteiger partial charge in [0.1, 0.15) is 5.75 Å². The van der Waals surface area contributed by atoms with Gasteiger partial charge in [-0.3, -0.25) is 9.69 Å². The number of hydrogen-bond acceptors (Lipinski definition) is 4. The van der Waals surface area contributed by atoms with Gasteiger partial charge < -0.3 is 15.0 Å². The Morgan fingerprint density at radius 1 is 1.29 bits per heavy atom. The fourth-order valence-corrected chi connectivity index (χ4v) is 3.43. The van der Waals surface area contributed by atoms with Gasteiger partial charge in [0.25, 0.3) is 0 Å². The minimum absolute atomic E-state index is 0. The third-order valence-corrected chi connectivity index (χ3v) is 4.76. The van der Waals surface area contributed by atoms with Crippen molar-refractivity contribution in [1.82, 2.24) is 15.1 Å². The molecule has 2 aliphatic heterocycles. The van der Waals surface area contributed by atoms with Crippen LogP contribution in [0.25, 0.3) is 0 Å². The Bertz CT molecular complexity index is 535. The number of carbonyl (C=O) groups is 1. The molecule has 24 heavy (non-hydrogen) atoms. The number of halogens is 1. The van der Waals surface area contributed by atoms with Crippen molar-refractivity contribution in [2.75, 3.05) is 45.9 Å². The maximum absolute atomic E-state index is 12.3. The molecule has 2 heterocycles. The molecular formula is C18H28ClN3O2. The third-order valence-electron chi connectivity index (χ3n) is 4.76. The molecule has 2 aliphatic rings. The number of nitrogens with zero attached hydrogens (tertiary/aromatic N) is 2. The summed E-state index contributed by atoms with van der Waals surface area (Å²) < 4.78 is 5.69. The van der Waals surface area contributed by atoms with Crippen molar-refractivity contribution in [3.8, 4) is 5.75 Å². The Balaban J connectivity index is 0.00000208. The number of nitrogens with one attached hydrogen (secondary N) is 1. The predicted octanol–water partition coefficient (Wildman–Crippen LogP) is 1.69. The third kappa shape index (κ3) is 5.10. The minimum atomic E-state index is 0. The molecule has 134 valence electrons. The van der Waals surface area contributed by atoms with E-state index in [9.17, 15) is 4.79 Å². The van der Waals surface area contributed by atoms with Gasteiger partial charge in [-0.1, -0.05) is 12.1 Å². The fraction of sp³-hybridized carbons (Fsp3) is 0.611. The first-order valence-electron chi connectivity index (χ1n) is 8.64. The van der Waals surface area contributed by atoms with E-state index in [4.69, 9.17) is 4.74 Å². The number of rotatable bonds is 5. The summed E-state index contributed by atoms with van der Waals surface area (Å²) in [6, 6.07) is 8.50. The lowest BCUT2D eigenvalue weighted by Gasteiger charge is -2.32. The molecule has 0 spiro atoms. The van der Waals surface area contributed by atoms with Crippen molar-refractivity contribution in [3.63, 3.8) is 0 Å². The highest BCUT2D eigenvalue weighted by molar-refractivity contribution is 5.85. The van der Waals surface area contributed by atoms with E-state index < -0.39 is 0 Å². The molecule has 1 aromatic rings. The molecule has 0 aromatic heterocycles. The summed E-state index contributed by atoms with van der Waals surface area (Å²) in [6.45, 7) is 8.59. The molecule has 0 bridgehead atoms. The monoisotopic (exact) mass is 353 g/mol. The first kappa shape index (κ1) is 19.0. The van der Waals surface area contributed by atoms with Crippen molar-refractivity contribution in [3.05, 3.63) is 29.8 Å². The van der Waals surface area contributed by atoms with Crippen molar-refractivity contribution >= 4 is 18.3 Å². The van der Waals surface area contributed by atoms with E-state index in [0.29, 0.717) is 19.1 Å². The Morgan fingerprint density at radius 2 is 2.08 bits per heavy atom. The zero-order chi connectivity index (χ0) is 16.1. The van der Waals surface area contributed by atoms with Crippen LogP contribution in [0.15, 0.2) is 24.3 Å². The largest absolute Gasteiger partial charge is 0.493 e. The average Bonchev–Trinajstić information content (AvgIpc) is 3.06. The molecule has 0 aliphatic carbocycles. The molecule has 2 fully saturated rings. The second-order valence-corrected chi connectivity index (χ2v) is 6.48. The highest BCUT2D eigenvalue weighted by atomic mass is 35.5. The van der Waals surface area contributed by atoms with E-state index >= 15 is 0 Å². The van der Waals surface area contributed by atoms with Gasteiger partial charge in [-0.2, -0.15) is 0 Å². The van der Waals surface area contributed by atoms with E-state index in [1.165, 1.54) is 5.56 Å². The second kappa shape index (κ2) is 9.25. The molecule has 1 amide bonds. The number of aryl methyl sites for hydroxylation is 1. The maximum atomic E-state index is 12.3. The smallest absolute Gasteiger partial charge is 0.226 e. The Morgan fingerprint density at radius 3 is 2.83 bits per heavy atom. The van der Waals surface area contributed by atoms with Crippen molar-refractivity contribution in [2.24, 2.45) is 0 Å². The SMILES string of the molecule is Cc1cccc(OCCC(=O)N2CCC(N3CCNCC3)C2)c1.Cl. The predicted molar refractivity (Wildman–Crippen MR) is 98.0 cm³/mol. The van der Waals surface area contributed by atoms with Crippen LogP contribution < -0.4 is 10.1 Å². The van der Waals surface area contributed by atoms with Gasteiger partial charge in [0.05, 0.1) is 13.0 Å². The highest BCUT2D eigenvalue weighted by Gasteiger charge is 2.30. The molecule has 3 rings (SSSR count). The second-order valence-electron chi connectivity index (χ2n) is 6.48. The van der Waals surface area contributed by atoms with Gasteiger partial charge in [-0.05, 0) is 31.0 Å². The van der Waals surface area contributed by atoms with Crippen LogP contribution in [0.1, 0.15) is 18.4 Å². The van der Waals surface area contributed by atoms with Crippen molar-refractivity contribution in [2.45, 2.75) is 25.8 Å². The zero-order valence-corrected chi connectivity index (χ0v) is 15.2. The number of carbonyl (C=O) groups excluding carboxylic acids is 1. The molecule has 6 heteroatoms. The van der Waals surface area contributed by atoms with Crippen LogP contribution in [-0.4, -0.2) is 67.6 Å². The molecular weight excluding hydrogens is 326 g/mol. The normalized spacial score (nSPS) is 21.4. The van der Waals surface area contributed by atoms with Gasteiger partial charge in [-0.25, -0.2) is 0 Å². The highest BCUT2D eigenvalue weighted by Crippen LogP contribution is 2.17. The summed E-state index contributed by atoms with van der Waals surface area (Å²) in [7, 11) is 0. The van der Waals surface area contributed by atoms with Gasteiger partial charge >= 0.3 is 0 Å². The van der Waals surface area contributed by atoms with Crippen LogP contribution in [-0.2, 0) is 4.79 Å². The van der Waals surface area contributed by atoms with E-state index in [2.05, 4.69) is 10.2 Å². The van der Waals surface area contributed by atoms with Crippen LogP contribution >= 0.6 is 12.4 Å². The molecule has 2 saturated heterocycles. The average molecular weight is 354 g/mol. The molecule has 1 atom stereocenters. The summed E-state index contributed by atoms with van der Waals surface area (Å²) in [6.07, 6.45) is 1.56. The lowest BCUT2D eigenvalue weighted by atomic mass is 10.2. The van der Waals surface area contributed by atoms with Crippen LogP contribution in [0.5, 0.6) is 5.75 Å². The van der Waals surface area contributed by atoms with Gasteiger partial charge in [0.2, 0.25) is 5.91 Å². The Labute approximate surface area is 150 Å². The lowest BCUT2D eigenvalue weighted by Crippen LogP contribution is -2.49. The van der Waals surface area contributed by atoms with Crippen LogP contribution in [0, 0.1) is 6.92 Å². The Kier molecular flexibility index (Phi) is 7.34. The maximum Gasteiger partial charge on any atom is 0.226 e. The van der Waals surface area contributed by atoms with Crippen molar-refractivity contribution < 1.29 is 9.53 Å². The summed E-state index contributed by atoms with van der Waals surface area (Å²) in [5, 5.41) is 3.38. The Hall–Kier alpha value is -1.30.